The Kier molecular flexibility index (Phi) is 2.36. The zero-order valence-corrected chi connectivity index (χ0v) is 9.73. The van der Waals surface area contributed by atoms with Gasteiger partial charge in [-0.1, -0.05) is 12.1 Å². The van der Waals surface area contributed by atoms with E-state index >= 15 is 0 Å². The number of aromatic nitrogens is 2. The molecule has 5 heteroatoms. The van der Waals surface area contributed by atoms with Crippen molar-refractivity contribution in [2.45, 2.75) is 18.9 Å². The highest BCUT2D eigenvalue weighted by Crippen LogP contribution is 2.31. The molecule has 1 aromatic heterocycles. The van der Waals surface area contributed by atoms with Crippen molar-refractivity contribution >= 4 is 12.2 Å². The van der Waals surface area contributed by atoms with E-state index < -0.39 is 11.6 Å². The van der Waals surface area contributed by atoms with Gasteiger partial charge in [0.2, 0.25) is 0 Å². The summed E-state index contributed by atoms with van der Waals surface area (Å²) in [5.41, 5.74) is 1.48. The molecule has 1 aromatic carbocycles. The van der Waals surface area contributed by atoms with E-state index in [1.54, 1.807) is 12.1 Å². The maximum Gasteiger partial charge on any atom is 0.177 e. The Hall–Kier alpha value is -1.49. The van der Waals surface area contributed by atoms with Gasteiger partial charge in [-0.05, 0) is 30.3 Å². The predicted octanol–water partition coefficient (Wildman–Crippen LogP) is 3.16. The maximum absolute atomic E-state index is 13.7. The largest absolute Gasteiger partial charge is 0.337 e. The molecule has 17 heavy (non-hydrogen) atoms. The highest BCUT2D eigenvalue weighted by atomic mass is 32.1. The van der Waals surface area contributed by atoms with Crippen LogP contribution in [0.1, 0.15) is 17.2 Å². The molecule has 0 bridgehead atoms. The zero-order valence-electron chi connectivity index (χ0n) is 8.91. The summed E-state index contributed by atoms with van der Waals surface area (Å²) < 4.78 is 29.4. The van der Waals surface area contributed by atoms with Crippen LogP contribution < -0.4 is 0 Å². The highest BCUT2D eigenvalue weighted by Gasteiger charge is 2.26. The second kappa shape index (κ2) is 3.77. The van der Waals surface area contributed by atoms with E-state index in [-0.39, 0.29) is 5.92 Å². The number of nitrogens with one attached hydrogen (secondary N) is 1. The van der Waals surface area contributed by atoms with E-state index in [0.29, 0.717) is 23.3 Å². The number of fused-ring (bicyclic) bond motifs is 1. The van der Waals surface area contributed by atoms with Crippen LogP contribution in [0.15, 0.2) is 24.4 Å². The summed E-state index contributed by atoms with van der Waals surface area (Å²) in [6.07, 6.45) is 2.52. The molecule has 0 fully saturated rings. The topological polar surface area (TPSA) is 20.7 Å². The Labute approximate surface area is 102 Å². The molecule has 1 aliphatic heterocycles. The quantitative estimate of drug-likeness (QED) is 0.773. The number of nitrogens with zero attached hydrogens (tertiary/aromatic N) is 1. The number of rotatable bonds is 1. The maximum atomic E-state index is 13.7. The molecule has 0 aliphatic carbocycles. The molecule has 1 aliphatic rings. The second-order valence-corrected chi connectivity index (χ2v) is 4.63. The Bertz CT molecular complexity index is 630. The molecule has 0 spiro atoms. The van der Waals surface area contributed by atoms with Crippen LogP contribution in [0.3, 0.4) is 0 Å². The molecular formula is C12H10F2N2S. The van der Waals surface area contributed by atoms with Crippen molar-refractivity contribution in [2.75, 3.05) is 0 Å². The van der Waals surface area contributed by atoms with E-state index in [1.807, 2.05) is 10.8 Å². The lowest BCUT2D eigenvalue weighted by atomic mass is 9.96. The Morgan fingerprint density at radius 2 is 2.18 bits per heavy atom. The van der Waals surface area contributed by atoms with Gasteiger partial charge >= 0.3 is 0 Å². The minimum Gasteiger partial charge on any atom is -0.337 e. The average molecular weight is 252 g/mol. The molecule has 2 nitrogen and oxygen atoms in total. The number of H-pyrrole nitrogens is 1. The molecule has 1 N–H and O–H groups in total. The van der Waals surface area contributed by atoms with Crippen molar-refractivity contribution in [3.8, 4) is 0 Å². The van der Waals surface area contributed by atoms with Crippen LogP contribution in [0.4, 0.5) is 8.78 Å². The molecule has 0 radical (unpaired) electrons. The Morgan fingerprint density at radius 1 is 1.35 bits per heavy atom. The van der Waals surface area contributed by atoms with Gasteiger partial charge in [-0.25, -0.2) is 8.78 Å². The summed E-state index contributed by atoms with van der Waals surface area (Å²) in [6.45, 7) is 0.609. The minimum absolute atomic E-state index is 0.0306. The molecule has 0 saturated carbocycles. The number of halogens is 2. The van der Waals surface area contributed by atoms with Crippen LogP contribution in [-0.2, 0) is 13.0 Å². The van der Waals surface area contributed by atoms with Crippen molar-refractivity contribution in [1.82, 2.24) is 9.55 Å². The number of benzene rings is 1. The van der Waals surface area contributed by atoms with Gasteiger partial charge in [0.25, 0.3) is 0 Å². The first-order chi connectivity index (χ1) is 8.16. The van der Waals surface area contributed by atoms with Crippen molar-refractivity contribution in [3.05, 3.63) is 52.1 Å². The summed E-state index contributed by atoms with van der Waals surface area (Å²) in [4.78, 5) is 2.95. The van der Waals surface area contributed by atoms with Gasteiger partial charge in [0.05, 0.1) is 0 Å². The number of hydrogen-bond donors (Lipinski definition) is 1. The molecule has 2 heterocycles. The average Bonchev–Trinajstić information content (AvgIpc) is 2.85. The molecule has 1 atom stereocenters. The second-order valence-electron chi connectivity index (χ2n) is 4.24. The molecule has 2 aromatic rings. The van der Waals surface area contributed by atoms with Crippen LogP contribution in [0, 0.1) is 16.4 Å². The van der Waals surface area contributed by atoms with Gasteiger partial charge < -0.3 is 9.55 Å². The van der Waals surface area contributed by atoms with Crippen LogP contribution in [0.25, 0.3) is 0 Å². The molecule has 0 saturated heterocycles. The fraction of sp³-hybridized carbons (Fsp3) is 0.250. The first kappa shape index (κ1) is 10.7. The lowest BCUT2D eigenvalue weighted by Gasteiger charge is -2.10. The van der Waals surface area contributed by atoms with E-state index in [4.69, 9.17) is 12.2 Å². The molecule has 1 unspecified atom stereocenters. The third-order valence-corrected chi connectivity index (χ3v) is 3.57. The van der Waals surface area contributed by atoms with Gasteiger partial charge in [0.15, 0.2) is 16.4 Å². The standard InChI is InChI=1S/C12H10F2N2S/c13-10-3-1-2-9(11(10)14)7-4-8-5-15-12(17)16(8)6-7/h1-3,5,7H,4,6H2,(H,15,17). The fourth-order valence-corrected chi connectivity index (χ4v) is 2.63. The van der Waals surface area contributed by atoms with Gasteiger partial charge in [-0.3, -0.25) is 0 Å². The Balaban J connectivity index is 1.99. The van der Waals surface area contributed by atoms with Crippen LogP contribution in [0.5, 0.6) is 0 Å². The van der Waals surface area contributed by atoms with E-state index in [2.05, 4.69) is 4.98 Å². The molecule has 3 rings (SSSR count). The normalized spacial score (nSPS) is 18.4. The molecular weight excluding hydrogens is 242 g/mol. The fourth-order valence-electron chi connectivity index (χ4n) is 2.38. The summed E-state index contributed by atoms with van der Waals surface area (Å²) in [5, 5.41) is 0. The number of aromatic amines is 1. The zero-order chi connectivity index (χ0) is 12.0. The van der Waals surface area contributed by atoms with Gasteiger partial charge in [0, 0.05) is 24.4 Å². The van der Waals surface area contributed by atoms with Crippen molar-refractivity contribution in [2.24, 2.45) is 0 Å². The van der Waals surface area contributed by atoms with Crippen molar-refractivity contribution in [3.63, 3.8) is 0 Å². The van der Waals surface area contributed by atoms with Crippen molar-refractivity contribution < 1.29 is 8.78 Å². The van der Waals surface area contributed by atoms with Crippen LogP contribution in [0.2, 0.25) is 0 Å². The summed E-state index contributed by atoms with van der Waals surface area (Å²) >= 11 is 5.11. The van der Waals surface area contributed by atoms with Crippen LogP contribution >= 0.6 is 12.2 Å². The highest BCUT2D eigenvalue weighted by molar-refractivity contribution is 7.71. The lowest BCUT2D eigenvalue weighted by molar-refractivity contribution is 0.484. The summed E-state index contributed by atoms with van der Waals surface area (Å²) in [7, 11) is 0. The lowest BCUT2D eigenvalue weighted by Crippen LogP contribution is -2.05. The Morgan fingerprint density at radius 3 is 2.94 bits per heavy atom. The van der Waals surface area contributed by atoms with E-state index in [9.17, 15) is 8.78 Å². The number of hydrogen-bond acceptors (Lipinski definition) is 1. The summed E-state index contributed by atoms with van der Waals surface area (Å²) in [5.74, 6) is -1.56. The van der Waals surface area contributed by atoms with E-state index in [0.717, 1.165) is 11.8 Å². The molecule has 0 amide bonds. The predicted molar refractivity (Wildman–Crippen MR) is 62.4 cm³/mol. The van der Waals surface area contributed by atoms with Gasteiger partial charge in [-0.15, -0.1) is 0 Å². The van der Waals surface area contributed by atoms with Crippen molar-refractivity contribution in [1.29, 1.82) is 0 Å². The third kappa shape index (κ3) is 1.61. The van der Waals surface area contributed by atoms with Crippen LogP contribution in [-0.4, -0.2) is 9.55 Å². The smallest absolute Gasteiger partial charge is 0.177 e. The van der Waals surface area contributed by atoms with Gasteiger partial charge in [-0.2, -0.15) is 0 Å². The summed E-state index contributed by atoms with van der Waals surface area (Å²) in [6, 6.07) is 4.32. The number of imidazole rings is 1. The van der Waals surface area contributed by atoms with Gasteiger partial charge in [0.1, 0.15) is 0 Å². The SMILES string of the molecule is Fc1cccc(C2Cc3c[nH]c(=S)n3C2)c1F. The third-order valence-electron chi connectivity index (χ3n) is 3.23. The first-order valence-electron chi connectivity index (χ1n) is 5.38. The minimum atomic E-state index is -0.788. The molecule has 88 valence electrons. The first-order valence-corrected chi connectivity index (χ1v) is 5.78. The monoisotopic (exact) mass is 252 g/mol. The van der Waals surface area contributed by atoms with E-state index in [1.165, 1.54) is 0 Å².